The Hall–Kier alpha value is -2.30. The first-order valence-electron chi connectivity index (χ1n) is 5.74. The largest absolute Gasteiger partial charge is 0.399 e. The molecule has 0 unspecified atom stereocenters. The molecule has 0 bridgehead atoms. The summed E-state index contributed by atoms with van der Waals surface area (Å²) in [5.74, 6) is 1.50. The molecule has 5 heteroatoms. The summed E-state index contributed by atoms with van der Waals surface area (Å²) >= 11 is 0. The molecule has 1 aromatic heterocycles. The molecule has 1 heterocycles. The number of benzene rings is 1. The molecule has 0 spiro atoms. The van der Waals surface area contributed by atoms with E-state index in [1.165, 1.54) is 0 Å². The van der Waals surface area contributed by atoms with Gasteiger partial charge in [-0.3, -0.25) is 0 Å². The van der Waals surface area contributed by atoms with E-state index in [2.05, 4.69) is 15.3 Å². The minimum atomic E-state index is 0.692. The summed E-state index contributed by atoms with van der Waals surface area (Å²) in [7, 11) is 3.83. The smallest absolute Gasteiger partial charge is 0.226 e. The number of hydrogen-bond acceptors (Lipinski definition) is 5. The van der Waals surface area contributed by atoms with Crippen LogP contribution in [0.3, 0.4) is 0 Å². The Balaban J connectivity index is 2.01. The average molecular weight is 243 g/mol. The summed E-state index contributed by atoms with van der Waals surface area (Å²) in [4.78, 5) is 10.4. The molecule has 0 saturated carbocycles. The van der Waals surface area contributed by atoms with Gasteiger partial charge in [-0.1, -0.05) is 12.1 Å². The first-order valence-corrected chi connectivity index (χ1v) is 5.74. The van der Waals surface area contributed by atoms with Crippen molar-refractivity contribution in [2.45, 2.75) is 6.54 Å². The van der Waals surface area contributed by atoms with Gasteiger partial charge in [-0.05, 0) is 23.8 Å². The summed E-state index contributed by atoms with van der Waals surface area (Å²) in [6, 6.07) is 9.63. The van der Waals surface area contributed by atoms with Crippen LogP contribution in [0.4, 0.5) is 17.5 Å². The van der Waals surface area contributed by atoms with Crippen molar-refractivity contribution in [1.82, 2.24) is 9.97 Å². The van der Waals surface area contributed by atoms with Gasteiger partial charge in [-0.15, -0.1) is 0 Å². The zero-order valence-corrected chi connectivity index (χ0v) is 10.6. The monoisotopic (exact) mass is 243 g/mol. The van der Waals surface area contributed by atoms with Crippen LogP contribution in [-0.2, 0) is 6.54 Å². The highest BCUT2D eigenvalue weighted by molar-refractivity contribution is 5.43. The highest BCUT2D eigenvalue weighted by Crippen LogP contribution is 2.11. The molecule has 0 fully saturated rings. The molecule has 0 aliphatic carbocycles. The molecule has 0 atom stereocenters. The lowest BCUT2D eigenvalue weighted by atomic mass is 10.2. The van der Waals surface area contributed by atoms with Gasteiger partial charge in [0.25, 0.3) is 0 Å². The third-order valence-electron chi connectivity index (χ3n) is 2.50. The molecule has 94 valence electrons. The second-order valence-electron chi connectivity index (χ2n) is 4.23. The van der Waals surface area contributed by atoms with Crippen molar-refractivity contribution < 1.29 is 0 Å². The van der Waals surface area contributed by atoms with E-state index in [9.17, 15) is 0 Å². The van der Waals surface area contributed by atoms with Crippen molar-refractivity contribution in [2.75, 3.05) is 30.0 Å². The van der Waals surface area contributed by atoms with Crippen LogP contribution in [-0.4, -0.2) is 24.1 Å². The lowest BCUT2D eigenvalue weighted by Gasteiger charge is -2.11. The van der Waals surface area contributed by atoms with E-state index in [0.29, 0.717) is 12.5 Å². The quantitative estimate of drug-likeness (QED) is 0.801. The molecule has 18 heavy (non-hydrogen) atoms. The van der Waals surface area contributed by atoms with Crippen molar-refractivity contribution in [3.05, 3.63) is 42.1 Å². The Labute approximate surface area is 107 Å². The van der Waals surface area contributed by atoms with E-state index in [1.54, 1.807) is 6.20 Å². The average Bonchev–Trinajstić information content (AvgIpc) is 2.38. The predicted molar refractivity (Wildman–Crippen MR) is 74.5 cm³/mol. The number of nitrogens with two attached hydrogens (primary N) is 1. The van der Waals surface area contributed by atoms with Crippen LogP contribution < -0.4 is 16.0 Å². The van der Waals surface area contributed by atoms with Crippen LogP contribution in [0.2, 0.25) is 0 Å². The normalized spacial score (nSPS) is 10.1. The zero-order valence-electron chi connectivity index (χ0n) is 10.6. The van der Waals surface area contributed by atoms with Gasteiger partial charge < -0.3 is 16.0 Å². The molecule has 1 aromatic carbocycles. The second-order valence-corrected chi connectivity index (χ2v) is 4.23. The summed E-state index contributed by atoms with van der Waals surface area (Å²) < 4.78 is 0. The number of nitrogen functional groups attached to an aromatic ring is 1. The van der Waals surface area contributed by atoms with Gasteiger partial charge in [0.15, 0.2) is 0 Å². The Kier molecular flexibility index (Phi) is 3.62. The first-order chi connectivity index (χ1) is 8.65. The molecule has 0 amide bonds. The topological polar surface area (TPSA) is 67.1 Å². The van der Waals surface area contributed by atoms with Crippen molar-refractivity contribution in [2.24, 2.45) is 0 Å². The fourth-order valence-electron chi connectivity index (χ4n) is 1.49. The molecule has 0 aliphatic heterocycles. The van der Waals surface area contributed by atoms with Crippen molar-refractivity contribution in [3.8, 4) is 0 Å². The van der Waals surface area contributed by atoms with Crippen molar-refractivity contribution in [1.29, 1.82) is 0 Å². The van der Waals surface area contributed by atoms with E-state index in [4.69, 9.17) is 5.73 Å². The van der Waals surface area contributed by atoms with Gasteiger partial charge in [0, 0.05) is 32.5 Å². The minimum absolute atomic E-state index is 0.692. The Morgan fingerprint density at radius 1 is 1.17 bits per heavy atom. The van der Waals surface area contributed by atoms with Gasteiger partial charge in [-0.25, -0.2) is 4.98 Å². The number of nitrogens with zero attached hydrogens (tertiary/aromatic N) is 3. The summed E-state index contributed by atoms with van der Waals surface area (Å²) in [5.41, 5.74) is 7.58. The number of hydrogen-bond donors (Lipinski definition) is 2. The van der Waals surface area contributed by atoms with Crippen LogP contribution in [0.25, 0.3) is 0 Å². The van der Waals surface area contributed by atoms with Crippen molar-refractivity contribution in [3.63, 3.8) is 0 Å². The van der Waals surface area contributed by atoms with Crippen LogP contribution >= 0.6 is 0 Å². The highest BCUT2D eigenvalue weighted by Gasteiger charge is 2.00. The van der Waals surface area contributed by atoms with Gasteiger partial charge in [0.2, 0.25) is 5.95 Å². The molecule has 2 aromatic rings. The zero-order chi connectivity index (χ0) is 13.0. The maximum Gasteiger partial charge on any atom is 0.226 e. The molecule has 0 radical (unpaired) electrons. The maximum atomic E-state index is 5.64. The Bertz CT molecular complexity index is 507. The van der Waals surface area contributed by atoms with Gasteiger partial charge in [0.05, 0.1) is 0 Å². The fourth-order valence-corrected chi connectivity index (χ4v) is 1.49. The maximum absolute atomic E-state index is 5.64. The third-order valence-corrected chi connectivity index (χ3v) is 2.50. The van der Waals surface area contributed by atoms with Crippen molar-refractivity contribution >= 4 is 17.5 Å². The van der Waals surface area contributed by atoms with Crippen LogP contribution in [0.15, 0.2) is 36.5 Å². The summed E-state index contributed by atoms with van der Waals surface area (Å²) in [6.45, 7) is 0.712. The minimum Gasteiger partial charge on any atom is -0.399 e. The predicted octanol–water partition coefficient (Wildman–Crippen LogP) is 1.74. The van der Waals surface area contributed by atoms with Gasteiger partial charge >= 0.3 is 0 Å². The molecule has 5 nitrogen and oxygen atoms in total. The molecule has 2 rings (SSSR count). The molecular formula is C13H17N5. The van der Waals surface area contributed by atoms with Crippen LogP contribution in [0.1, 0.15) is 5.56 Å². The van der Waals surface area contributed by atoms with E-state index >= 15 is 0 Å². The molecular weight excluding hydrogens is 226 g/mol. The first kappa shape index (κ1) is 12.2. The lowest BCUT2D eigenvalue weighted by Crippen LogP contribution is -2.13. The third kappa shape index (κ3) is 3.10. The Morgan fingerprint density at radius 2 is 1.89 bits per heavy atom. The SMILES string of the molecule is CN(C)c1nccc(NCc2ccc(N)cc2)n1. The van der Waals surface area contributed by atoms with E-state index in [0.717, 1.165) is 17.1 Å². The second kappa shape index (κ2) is 5.35. The Morgan fingerprint density at radius 3 is 2.56 bits per heavy atom. The number of rotatable bonds is 4. The number of nitrogens with one attached hydrogen (secondary N) is 1. The summed E-state index contributed by atoms with van der Waals surface area (Å²) in [6.07, 6.45) is 1.74. The van der Waals surface area contributed by atoms with E-state index < -0.39 is 0 Å². The van der Waals surface area contributed by atoms with Crippen LogP contribution in [0, 0.1) is 0 Å². The number of anilines is 3. The standard InChI is InChI=1S/C13H17N5/c1-18(2)13-15-8-7-12(17-13)16-9-10-3-5-11(14)6-4-10/h3-8H,9,14H2,1-2H3,(H,15,16,17). The van der Waals surface area contributed by atoms with E-state index in [-0.39, 0.29) is 0 Å². The molecule has 0 aliphatic rings. The molecule has 3 N–H and O–H groups in total. The fraction of sp³-hybridized carbons (Fsp3) is 0.231. The molecule has 0 saturated heterocycles. The number of aromatic nitrogens is 2. The summed E-state index contributed by atoms with van der Waals surface area (Å²) in [5, 5.41) is 3.26. The highest BCUT2D eigenvalue weighted by atomic mass is 15.2. The van der Waals surface area contributed by atoms with Gasteiger partial charge in [-0.2, -0.15) is 4.98 Å². The van der Waals surface area contributed by atoms with Gasteiger partial charge in [0.1, 0.15) is 5.82 Å². The van der Waals surface area contributed by atoms with E-state index in [1.807, 2.05) is 49.3 Å². The van der Waals surface area contributed by atoms with Crippen LogP contribution in [0.5, 0.6) is 0 Å². The lowest BCUT2D eigenvalue weighted by molar-refractivity contribution is 0.988.